The van der Waals surface area contributed by atoms with Gasteiger partial charge in [-0.15, -0.1) is 0 Å². The lowest BCUT2D eigenvalue weighted by molar-refractivity contribution is -0.138. The molecule has 0 saturated heterocycles. The molecule has 24 heavy (non-hydrogen) atoms. The zero-order valence-corrected chi connectivity index (χ0v) is 14.6. The summed E-state index contributed by atoms with van der Waals surface area (Å²) in [6, 6.07) is 7.55. The molecule has 0 atom stereocenters. The highest BCUT2D eigenvalue weighted by atomic mass is 16.6. The minimum atomic E-state index is -0.608. The van der Waals surface area contributed by atoms with Crippen molar-refractivity contribution in [3.63, 3.8) is 0 Å². The molecule has 0 bridgehead atoms. The number of nitrogens with zero attached hydrogens (tertiary/aromatic N) is 2. The molecule has 6 heteroatoms. The van der Waals surface area contributed by atoms with E-state index in [9.17, 15) is 4.79 Å². The molecule has 0 radical (unpaired) electrons. The maximum atomic E-state index is 11.7. The van der Waals surface area contributed by atoms with Gasteiger partial charge in [0.25, 0.3) is 0 Å². The van der Waals surface area contributed by atoms with E-state index in [1.54, 1.807) is 10.7 Å². The van der Waals surface area contributed by atoms with Gasteiger partial charge in [-0.1, -0.05) is 19.9 Å². The van der Waals surface area contributed by atoms with E-state index >= 15 is 0 Å². The molecular weight excluding hydrogens is 308 g/mol. The number of aromatic nitrogens is 2. The molecule has 0 spiro atoms. The minimum absolute atomic E-state index is 0.0245. The molecule has 0 unspecified atom stereocenters. The average molecular weight is 330 g/mol. The summed E-state index contributed by atoms with van der Waals surface area (Å²) in [6.07, 6.45) is 3.12. The van der Waals surface area contributed by atoms with Gasteiger partial charge in [-0.3, -0.25) is 0 Å². The van der Waals surface area contributed by atoms with E-state index in [1.165, 1.54) is 20.5 Å². The van der Waals surface area contributed by atoms with Gasteiger partial charge in [0.2, 0.25) is 5.76 Å². The fourth-order valence-electron chi connectivity index (χ4n) is 2.18. The van der Waals surface area contributed by atoms with Gasteiger partial charge in [-0.25, -0.2) is 9.48 Å². The van der Waals surface area contributed by atoms with E-state index in [4.69, 9.17) is 14.2 Å². The van der Waals surface area contributed by atoms with Crippen molar-refractivity contribution in [2.24, 2.45) is 0 Å². The van der Waals surface area contributed by atoms with E-state index in [1.807, 2.05) is 31.3 Å². The first-order valence-electron chi connectivity index (χ1n) is 7.62. The Morgan fingerprint density at radius 2 is 2.00 bits per heavy atom. The lowest BCUT2D eigenvalue weighted by atomic mass is 10.1. The normalized spacial score (nSPS) is 11.5. The van der Waals surface area contributed by atoms with Crippen molar-refractivity contribution < 1.29 is 19.0 Å². The SMILES string of the molecule is CO/C=C(\Oc1cccc(-n2ccc(C(C)C)n2)c1C)C(=O)OC. The Morgan fingerprint density at radius 3 is 2.58 bits per heavy atom. The molecule has 128 valence electrons. The van der Waals surface area contributed by atoms with E-state index in [2.05, 4.69) is 18.9 Å². The fourth-order valence-corrected chi connectivity index (χ4v) is 2.18. The Morgan fingerprint density at radius 1 is 1.25 bits per heavy atom. The van der Waals surface area contributed by atoms with Crippen LogP contribution in [0.3, 0.4) is 0 Å². The van der Waals surface area contributed by atoms with Crippen LogP contribution in [0.4, 0.5) is 0 Å². The number of rotatable bonds is 6. The van der Waals surface area contributed by atoms with Gasteiger partial charge in [0.15, 0.2) is 0 Å². The van der Waals surface area contributed by atoms with Crippen LogP contribution in [-0.2, 0) is 14.3 Å². The fraction of sp³-hybridized carbons (Fsp3) is 0.333. The third-order valence-electron chi connectivity index (χ3n) is 3.53. The molecule has 0 aliphatic carbocycles. The number of hydrogen-bond acceptors (Lipinski definition) is 5. The summed E-state index contributed by atoms with van der Waals surface area (Å²) in [5.74, 6) is 0.246. The Kier molecular flexibility index (Phi) is 5.63. The lowest BCUT2D eigenvalue weighted by Gasteiger charge is -2.13. The molecule has 6 nitrogen and oxygen atoms in total. The molecule has 0 aliphatic heterocycles. The number of hydrogen-bond donors (Lipinski definition) is 0. The molecule has 2 aromatic rings. The second kappa shape index (κ2) is 7.68. The Bertz CT molecular complexity index is 747. The van der Waals surface area contributed by atoms with Gasteiger partial charge in [-0.05, 0) is 31.0 Å². The molecule has 1 heterocycles. The van der Waals surface area contributed by atoms with Gasteiger partial charge < -0.3 is 14.2 Å². The maximum absolute atomic E-state index is 11.7. The smallest absolute Gasteiger partial charge is 0.377 e. The summed E-state index contributed by atoms with van der Waals surface area (Å²) in [5.41, 5.74) is 2.73. The van der Waals surface area contributed by atoms with Crippen LogP contribution in [-0.4, -0.2) is 30.0 Å². The Hall–Kier alpha value is -2.76. The van der Waals surface area contributed by atoms with Crippen molar-refractivity contribution >= 4 is 5.97 Å². The predicted octanol–water partition coefficient (Wildman–Crippen LogP) is 3.34. The molecule has 0 amide bonds. The van der Waals surface area contributed by atoms with Crippen LogP contribution in [0, 0.1) is 6.92 Å². The Balaban J connectivity index is 2.36. The molecule has 2 rings (SSSR count). The quantitative estimate of drug-likeness (QED) is 0.462. The highest BCUT2D eigenvalue weighted by molar-refractivity contribution is 5.86. The summed E-state index contributed by atoms with van der Waals surface area (Å²) in [6.45, 7) is 6.09. The van der Waals surface area contributed by atoms with Crippen molar-refractivity contribution in [1.82, 2.24) is 9.78 Å². The van der Waals surface area contributed by atoms with Gasteiger partial charge in [0.1, 0.15) is 12.0 Å². The molecule has 0 saturated carbocycles. The maximum Gasteiger partial charge on any atom is 0.377 e. The van der Waals surface area contributed by atoms with Gasteiger partial charge >= 0.3 is 5.97 Å². The molecule has 0 N–H and O–H groups in total. The van der Waals surface area contributed by atoms with Crippen LogP contribution in [0.2, 0.25) is 0 Å². The second-order valence-corrected chi connectivity index (χ2v) is 5.55. The largest absolute Gasteiger partial charge is 0.500 e. The predicted molar refractivity (Wildman–Crippen MR) is 90.1 cm³/mol. The van der Waals surface area contributed by atoms with E-state index in [0.29, 0.717) is 11.7 Å². The first-order chi connectivity index (χ1) is 11.5. The monoisotopic (exact) mass is 330 g/mol. The number of carbonyl (C=O) groups is 1. The highest BCUT2D eigenvalue weighted by Crippen LogP contribution is 2.26. The van der Waals surface area contributed by atoms with Crippen LogP contribution < -0.4 is 4.74 Å². The second-order valence-electron chi connectivity index (χ2n) is 5.55. The van der Waals surface area contributed by atoms with Crippen LogP contribution in [0.25, 0.3) is 5.69 Å². The first kappa shape index (κ1) is 17.6. The first-order valence-corrected chi connectivity index (χ1v) is 7.62. The van der Waals surface area contributed by atoms with Gasteiger partial charge in [0, 0.05) is 11.8 Å². The van der Waals surface area contributed by atoms with E-state index < -0.39 is 5.97 Å². The van der Waals surface area contributed by atoms with E-state index in [-0.39, 0.29) is 5.76 Å². The number of ether oxygens (including phenoxy) is 3. The molecule has 1 aromatic heterocycles. The third-order valence-corrected chi connectivity index (χ3v) is 3.53. The zero-order valence-electron chi connectivity index (χ0n) is 14.6. The zero-order chi connectivity index (χ0) is 17.7. The van der Waals surface area contributed by atoms with Gasteiger partial charge in [-0.2, -0.15) is 5.10 Å². The van der Waals surface area contributed by atoms with Crippen LogP contribution in [0.5, 0.6) is 5.75 Å². The Labute approximate surface area is 141 Å². The van der Waals surface area contributed by atoms with Gasteiger partial charge in [0.05, 0.1) is 25.6 Å². The molecule has 0 aliphatic rings. The summed E-state index contributed by atoms with van der Waals surface area (Å²) < 4.78 is 17.0. The number of carbonyl (C=O) groups excluding carboxylic acids is 1. The van der Waals surface area contributed by atoms with Crippen molar-refractivity contribution in [3.05, 3.63) is 53.7 Å². The van der Waals surface area contributed by atoms with E-state index in [0.717, 1.165) is 16.9 Å². The number of esters is 1. The summed E-state index contributed by atoms with van der Waals surface area (Å²) in [7, 11) is 2.72. The highest BCUT2D eigenvalue weighted by Gasteiger charge is 2.16. The summed E-state index contributed by atoms with van der Waals surface area (Å²) >= 11 is 0. The van der Waals surface area contributed by atoms with Crippen molar-refractivity contribution in [2.45, 2.75) is 26.7 Å². The summed E-state index contributed by atoms with van der Waals surface area (Å²) in [5, 5.41) is 4.58. The minimum Gasteiger partial charge on any atom is -0.500 e. The topological polar surface area (TPSA) is 62.6 Å². The molecule has 0 fully saturated rings. The average Bonchev–Trinajstić information content (AvgIpc) is 3.05. The third kappa shape index (κ3) is 3.76. The number of methoxy groups -OCH3 is 2. The van der Waals surface area contributed by atoms with Crippen molar-refractivity contribution in [2.75, 3.05) is 14.2 Å². The van der Waals surface area contributed by atoms with Crippen molar-refractivity contribution in [1.29, 1.82) is 0 Å². The van der Waals surface area contributed by atoms with Crippen LogP contribution in [0.1, 0.15) is 31.0 Å². The lowest BCUT2D eigenvalue weighted by Crippen LogP contribution is -2.12. The molecular formula is C18H22N2O4. The standard InChI is InChI=1S/C18H22N2O4/c1-12(2)14-9-10-20(19-14)15-7-6-8-16(13(15)3)24-17(11-22-4)18(21)23-5/h6-12H,1-5H3/b17-11-. The summed E-state index contributed by atoms with van der Waals surface area (Å²) in [4.78, 5) is 11.7. The van der Waals surface area contributed by atoms with Crippen molar-refractivity contribution in [3.8, 4) is 11.4 Å². The number of benzene rings is 1. The van der Waals surface area contributed by atoms with Crippen LogP contribution >= 0.6 is 0 Å². The molecule has 1 aromatic carbocycles. The van der Waals surface area contributed by atoms with Crippen LogP contribution in [0.15, 0.2) is 42.5 Å².